The van der Waals surface area contributed by atoms with Crippen LogP contribution in [0.3, 0.4) is 0 Å². The summed E-state index contributed by atoms with van der Waals surface area (Å²) in [4.78, 5) is 0. The highest BCUT2D eigenvalue weighted by molar-refractivity contribution is 5.88. The van der Waals surface area contributed by atoms with E-state index in [0.29, 0.717) is 5.75 Å². The summed E-state index contributed by atoms with van der Waals surface area (Å²) in [7, 11) is 0. The van der Waals surface area contributed by atoms with Gasteiger partial charge in [0.2, 0.25) is 0 Å². The van der Waals surface area contributed by atoms with E-state index in [0.717, 1.165) is 21.9 Å². The van der Waals surface area contributed by atoms with Crippen LogP contribution in [0.25, 0.3) is 10.8 Å². The van der Waals surface area contributed by atoms with Crippen molar-refractivity contribution in [2.45, 2.75) is 6.04 Å². The number of aromatic hydroxyl groups is 1. The Kier molecular flexibility index (Phi) is 2.94. The molecule has 0 aromatic heterocycles. The van der Waals surface area contributed by atoms with Crippen LogP contribution < -0.4 is 5.73 Å². The molecule has 0 saturated carbocycles. The summed E-state index contributed by atoms with van der Waals surface area (Å²) in [6.45, 7) is 0. The predicted molar refractivity (Wildman–Crippen MR) is 76.8 cm³/mol. The van der Waals surface area contributed by atoms with Gasteiger partial charge in [-0.15, -0.1) is 0 Å². The summed E-state index contributed by atoms with van der Waals surface area (Å²) in [5.41, 5.74) is 6.23. The zero-order valence-electron chi connectivity index (χ0n) is 10.6. The summed E-state index contributed by atoms with van der Waals surface area (Å²) >= 11 is 0. The van der Waals surface area contributed by atoms with E-state index in [4.69, 9.17) is 0 Å². The third kappa shape index (κ3) is 2.07. The third-order valence-corrected chi connectivity index (χ3v) is 3.50. The number of rotatable bonds is 2. The van der Waals surface area contributed by atoms with Gasteiger partial charge in [0.25, 0.3) is 0 Å². The molecule has 94 valence electrons. The van der Waals surface area contributed by atoms with Crippen LogP contribution in [0, 0.1) is 0 Å². The highest BCUT2D eigenvalue weighted by atomic mass is 16.3. The molecule has 0 spiro atoms. The van der Waals surface area contributed by atoms with Crippen molar-refractivity contribution < 1.29 is 10.8 Å². The SMILES string of the molecule is [NH3+][C@H](c1ccccc1)c1c(O)ccc2ccccc12. The van der Waals surface area contributed by atoms with E-state index in [1.165, 1.54) is 0 Å². The fourth-order valence-electron chi connectivity index (χ4n) is 2.50. The van der Waals surface area contributed by atoms with Gasteiger partial charge in [0.1, 0.15) is 11.8 Å². The van der Waals surface area contributed by atoms with Crippen LogP contribution >= 0.6 is 0 Å². The Balaban J connectivity index is 2.22. The molecule has 0 aliphatic carbocycles. The molecule has 4 N–H and O–H groups in total. The minimum atomic E-state index is -0.0766. The Bertz CT molecular complexity index is 707. The van der Waals surface area contributed by atoms with Gasteiger partial charge >= 0.3 is 0 Å². The van der Waals surface area contributed by atoms with Crippen LogP contribution in [0.1, 0.15) is 17.2 Å². The van der Waals surface area contributed by atoms with Crippen LogP contribution in [-0.4, -0.2) is 5.11 Å². The van der Waals surface area contributed by atoms with Crippen LogP contribution in [0.15, 0.2) is 66.7 Å². The molecular formula is C17H16NO+. The zero-order valence-corrected chi connectivity index (χ0v) is 10.6. The second-order valence-electron chi connectivity index (χ2n) is 4.68. The smallest absolute Gasteiger partial charge is 0.140 e. The monoisotopic (exact) mass is 250 g/mol. The molecule has 0 aliphatic heterocycles. The van der Waals surface area contributed by atoms with Gasteiger partial charge in [-0.25, -0.2) is 0 Å². The molecule has 2 nitrogen and oxygen atoms in total. The lowest BCUT2D eigenvalue weighted by Crippen LogP contribution is -2.54. The second kappa shape index (κ2) is 4.75. The molecule has 1 atom stereocenters. The van der Waals surface area contributed by atoms with Crippen molar-refractivity contribution in [1.29, 1.82) is 0 Å². The lowest BCUT2D eigenvalue weighted by molar-refractivity contribution is -0.411. The van der Waals surface area contributed by atoms with Gasteiger partial charge in [-0.3, -0.25) is 0 Å². The van der Waals surface area contributed by atoms with Crippen molar-refractivity contribution >= 4 is 10.8 Å². The van der Waals surface area contributed by atoms with Crippen molar-refractivity contribution in [3.05, 3.63) is 77.9 Å². The van der Waals surface area contributed by atoms with Crippen molar-refractivity contribution in [1.82, 2.24) is 0 Å². The number of fused-ring (bicyclic) bond motifs is 1. The number of quaternary nitrogens is 1. The first-order valence-electron chi connectivity index (χ1n) is 6.36. The molecule has 19 heavy (non-hydrogen) atoms. The van der Waals surface area contributed by atoms with Gasteiger partial charge in [-0.05, 0) is 16.8 Å². The summed E-state index contributed by atoms with van der Waals surface area (Å²) in [5.74, 6) is 0.308. The van der Waals surface area contributed by atoms with E-state index < -0.39 is 0 Å². The maximum Gasteiger partial charge on any atom is 0.140 e. The standard InChI is InChI=1S/C17H15NO/c18-17(13-7-2-1-3-8-13)16-14-9-5-4-6-12(14)10-11-15(16)19/h1-11,17,19H,18H2/p+1/t17-/m1/s1. The maximum absolute atomic E-state index is 10.2. The van der Waals surface area contributed by atoms with E-state index >= 15 is 0 Å². The minimum Gasteiger partial charge on any atom is -0.507 e. The van der Waals surface area contributed by atoms with E-state index in [1.54, 1.807) is 6.07 Å². The van der Waals surface area contributed by atoms with E-state index in [9.17, 15) is 5.11 Å². The molecule has 3 aromatic carbocycles. The normalized spacial score (nSPS) is 12.5. The third-order valence-electron chi connectivity index (χ3n) is 3.50. The molecule has 0 bridgehead atoms. The maximum atomic E-state index is 10.2. The molecule has 0 amide bonds. The Morgan fingerprint density at radius 1 is 0.789 bits per heavy atom. The van der Waals surface area contributed by atoms with Gasteiger partial charge < -0.3 is 10.8 Å². The molecule has 0 saturated heterocycles. The Labute approximate surface area is 112 Å². The van der Waals surface area contributed by atoms with Crippen LogP contribution in [0.2, 0.25) is 0 Å². The van der Waals surface area contributed by atoms with Crippen molar-refractivity contribution in [2.75, 3.05) is 0 Å². The van der Waals surface area contributed by atoms with Gasteiger partial charge in [-0.2, -0.15) is 0 Å². The first-order chi connectivity index (χ1) is 9.27. The summed E-state index contributed by atoms with van der Waals surface area (Å²) < 4.78 is 0. The lowest BCUT2D eigenvalue weighted by Gasteiger charge is -2.14. The van der Waals surface area contributed by atoms with Gasteiger partial charge in [0.05, 0.1) is 5.56 Å². The first kappa shape index (κ1) is 11.8. The average molecular weight is 250 g/mol. The molecule has 0 unspecified atom stereocenters. The molecular weight excluding hydrogens is 234 g/mol. The summed E-state index contributed by atoms with van der Waals surface area (Å²) in [6, 6.07) is 21.7. The average Bonchev–Trinajstić information content (AvgIpc) is 2.47. The molecule has 0 fully saturated rings. The van der Waals surface area contributed by atoms with Crippen molar-refractivity contribution in [2.24, 2.45) is 0 Å². The Morgan fingerprint density at radius 3 is 2.26 bits per heavy atom. The number of phenolic OH excluding ortho intramolecular Hbond substituents is 1. The molecule has 3 aromatic rings. The van der Waals surface area contributed by atoms with E-state index in [-0.39, 0.29) is 6.04 Å². The molecule has 0 heterocycles. The fraction of sp³-hybridized carbons (Fsp3) is 0.0588. The van der Waals surface area contributed by atoms with Gasteiger partial charge in [0, 0.05) is 5.56 Å². The Morgan fingerprint density at radius 2 is 1.47 bits per heavy atom. The molecule has 0 aliphatic rings. The highest BCUT2D eigenvalue weighted by Crippen LogP contribution is 2.33. The van der Waals surface area contributed by atoms with Gasteiger partial charge in [-0.1, -0.05) is 60.7 Å². The van der Waals surface area contributed by atoms with E-state index in [2.05, 4.69) is 11.8 Å². The topological polar surface area (TPSA) is 47.9 Å². The van der Waals surface area contributed by atoms with Crippen LogP contribution in [0.5, 0.6) is 5.75 Å². The Hall–Kier alpha value is -2.32. The number of hydrogen-bond donors (Lipinski definition) is 2. The lowest BCUT2D eigenvalue weighted by atomic mass is 9.93. The largest absolute Gasteiger partial charge is 0.507 e. The van der Waals surface area contributed by atoms with Gasteiger partial charge in [0.15, 0.2) is 0 Å². The first-order valence-corrected chi connectivity index (χ1v) is 6.36. The number of phenols is 1. The molecule has 0 radical (unpaired) electrons. The second-order valence-corrected chi connectivity index (χ2v) is 4.68. The zero-order chi connectivity index (χ0) is 13.2. The van der Waals surface area contributed by atoms with Crippen LogP contribution in [0.4, 0.5) is 0 Å². The fourth-order valence-corrected chi connectivity index (χ4v) is 2.50. The quantitative estimate of drug-likeness (QED) is 0.722. The minimum absolute atomic E-state index is 0.0766. The number of hydrogen-bond acceptors (Lipinski definition) is 1. The molecule has 3 rings (SSSR count). The summed E-state index contributed by atoms with van der Waals surface area (Å²) in [5, 5.41) is 12.4. The molecule has 2 heteroatoms. The predicted octanol–water partition coefficient (Wildman–Crippen LogP) is 2.88. The number of benzene rings is 3. The van der Waals surface area contributed by atoms with E-state index in [1.807, 2.05) is 54.6 Å². The van der Waals surface area contributed by atoms with Crippen LogP contribution in [-0.2, 0) is 0 Å². The van der Waals surface area contributed by atoms with Crippen molar-refractivity contribution in [3.8, 4) is 5.75 Å². The van der Waals surface area contributed by atoms with Crippen molar-refractivity contribution in [3.63, 3.8) is 0 Å². The highest BCUT2D eigenvalue weighted by Gasteiger charge is 2.19. The summed E-state index contributed by atoms with van der Waals surface area (Å²) in [6.07, 6.45) is 0.